The molecular weight excluding hydrogens is 222 g/mol. The van der Waals surface area contributed by atoms with Gasteiger partial charge in [-0.2, -0.15) is 0 Å². The fraction of sp³-hybridized carbons (Fsp3) is 0.917. The summed E-state index contributed by atoms with van der Waals surface area (Å²) >= 11 is 0. The summed E-state index contributed by atoms with van der Waals surface area (Å²) in [6.07, 6.45) is -0.0170. The maximum Gasteiger partial charge on any atom is 0.306 e. The minimum absolute atomic E-state index is 0.247. The summed E-state index contributed by atoms with van der Waals surface area (Å²) < 4.78 is 5.04. The van der Waals surface area contributed by atoms with Crippen LogP contribution in [0.5, 0.6) is 0 Å². The molecule has 0 aromatic carbocycles. The first-order valence-corrected chi connectivity index (χ1v) is 5.86. The molecule has 0 aliphatic rings. The Morgan fingerprint density at radius 3 is 1.88 bits per heavy atom. The first-order valence-electron chi connectivity index (χ1n) is 5.86. The van der Waals surface area contributed by atoms with Gasteiger partial charge in [-0.25, -0.2) is 0 Å². The molecule has 0 heterocycles. The van der Waals surface area contributed by atoms with Crippen molar-refractivity contribution in [1.82, 2.24) is 0 Å². The number of rotatable bonds is 4. The molecule has 17 heavy (non-hydrogen) atoms. The topological polar surface area (TPSA) is 92.8 Å². The maximum absolute atomic E-state index is 11.0. The van der Waals surface area contributed by atoms with E-state index >= 15 is 0 Å². The molecule has 2 atom stereocenters. The van der Waals surface area contributed by atoms with Crippen molar-refractivity contribution < 1.29 is 19.7 Å². The van der Waals surface area contributed by atoms with Gasteiger partial charge in [0.05, 0.1) is 12.2 Å². The van der Waals surface area contributed by atoms with E-state index in [4.69, 9.17) is 20.7 Å². The number of hydrogen-bond acceptors (Lipinski definition) is 5. The minimum atomic E-state index is -0.433. The van der Waals surface area contributed by atoms with Crippen LogP contribution in [0.2, 0.25) is 0 Å². The zero-order chi connectivity index (χ0) is 14.1. The molecule has 5 nitrogen and oxygen atoms in total. The highest BCUT2D eigenvalue weighted by Crippen LogP contribution is 2.09. The lowest BCUT2D eigenvalue weighted by molar-refractivity contribution is -0.155. The SMILES string of the molecule is CC(O)CCC(=O)OC(C)(C)C.CC(O)CN. The van der Waals surface area contributed by atoms with Crippen LogP contribution in [0, 0.1) is 0 Å². The first-order chi connectivity index (χ1) is 7.58. The average molecular weight is 249 g/mol. The molecule has 0 aromatic rings. The summed E-state index contributed by atoms with van der Waals surface area (Å²) in [6.45, 7) is 9.15. The molecule has 0 radical (unpaired) electrons. The molecule has 5 heteroatoms. The normalized spacial score (nSPS) is 14.4. The minimum Gasteiger partial charge on any atom is -0.460 e. The van der Waals surface area contributed by atoms with Crippen LogP contribution in [0.25, 0.3) is 0 Å². The molecule has 0 aliphatic heterocycles. The Labute approximate surface area is 104 Å². The first kappa shape index (κ1) is 18.7. The molecule has 4 N–H and O–H groups in total. The van der Waals surface area contributed by atoms with Gasteiger partial charge >= 0.3 is 5.97 Å². The van der Waals surface area contributed by atoms with Crippen molar-refractivity contribution in [3.63, 3.8) is 0 Å². The molecule has 0 saturated heterocycles. The highest BCUT2D eigenvalue weighted by Gasteiger charge is 2.16. The second kappa shape index (κ2) is 9.39. The van der Waals surface area contributed by atoms with E-state index in [9.17, 15) is 4.79 Å². The van der Waals surface area contributed by atoms with Crippen LogP contribution in [0.4, 0.5) is 0 Å². The second-order valence-corrected chi connectivity index (χ2v) is 5.06. The molecule has 0 amide bonds. The van der Waals surface area contributed by atoms with Gasteiger partial charge in [-0.05, 0) is 41.0 Å². The highest BCUT2D eigenvalue weighted by molar-refractivity contribution is 5.69. The van der Waals surface area contributed by atoms with Gasteiger partial charge in [0.25, 0.3) is 0 Å². The number of nitrogens with two attached hydrogens (primary N) is 1. The Balaban J connectivity index is 0. The number of aliphatic hydroxyl groups excluding tert-OH is 2. The largest absolute Gasteiger partial charge is 0.460 e. The van der Waals surface area contributed by atoms with Crippen molar-refractivity contribution in [2.75, 3.05) is 6.54 Å². The molecule has 0 aliphatic carbocycles. The Hall–Kier alpha value is -0.650. The number of hydrogen-bond donors (Lipinski definition) is 3. The smallest absolute Gasteiger partial charge is 0.306 e. The molecule has 0 saturated carbocycles. The van der Waals surface area contributed by atoms with Crippen LogP contribution in [-0.4, -0.2) is 40.5 Å². The van der Waals surface area contributed by atoms with Gasteiger partial charge in [-0.1, -0.05) is 0 Å². The van der Waals surface area contributed by atoms with Gasteiger partial charge in [0.15, 0.2) is 0 Å². The van der Waals surface area contributed by atoms with Crippen LogP contribution < -0.4 is 5.73 Å². The van der Waals surface area contributed by atoms with Gasteiger partial charge < -0.3 is 20.7 Å². The monoisotopic (exact) mass is 249 g/mol. The number of aliphatic hydroxyl groups is 2. The Morgan fingerprint density at radius 1 is 1.24 bits per heavy atom. The number of carbonyl (C=O) groups is 1. The van der Waals surface area contributed by atoms with Crippen molar-refractivity contribution in [2.24, 2.45) is 5.73 Å². The van der Waals surface area contributed by atoms with Crippen LogP contribution in [0.15, 0.2) is 0 Å². The molecule has 0 spiro atoms. The van der Waals surface area contributed by atoms with Crippen molar-refractivity contribution in [3.8, 4) is 0 Å². The van der Waals surface area contributed by atoms with Gasteiger partial charge in [0, 0.05) is 13.0 Å². The van der Waals surface area contributed by atoms with Crippen LogP contribution >= 0.6 is 0 Å². The van der Waals surface area contributed by atoms with Crippen molar-refractivity contribution in [3.05, 3.63) is 0 Å². The van der Waals surface area contributed by atoms with E-state index in [1.807, 2.05) is 20.8 Å². The lowest BCUT2D eigenvalue weighted by Gasteiger charge is -2.19. The van der Waals surface area contributed by atoms with Gasteiger partial charge in [-0.3, -0.25) is 4.79 Å². The zero-order valence-electron chi connectivity index (χ0n) is 11.6. The van der Waals surface area contributed by atoms with E-state index in [1.54, 1.807) is 13.8 Å². The van der Waals surface area contributed by atoms with Crippen molar-refractivity contribution >= 4 is 5.97 Å². The van der Waals surface area contributed by atoms with E-state index in [1.165, 1.54) is 0 Å². The average Bonchev–Trinajstić information content (AvgIpc) is 2.13. The third kappa shape index (κ3) is 21.2. The third-order valence-corrected chi connectivity index (χ3v) is 1.53. The summed E-state index contributed by atoms with van der Waals surface area (Å²) in [5.74, 6) is -0.247. The Kier molecular flexibility index (Phi) is 10.3. The molecule has 0 rings (SSSR count). The van der Waals surface area contributed by atoms with Crippen molar-refractivity contribution in [2.45, 2.75) is 65.3 Å². The highest BCUT2D eigenvalue weighted by atomic mass is 16.6. The third-order valence-electron chi connectivity index (χ3n) is 1.53. The predicted molar refractivity (Wildman–Crippen MR) is 67.5 cm³/mol. The van der Waals surface area contributed by atoms with E-state index in [2.05, 4.69) is 0 Å². The fourth-order valence-corrected chi connectivity index (χ4v) is 0.719. The predicted octanol–water partition coefficient (Wildman–Crippen LogP) is 0.815. The molecule has 0 bridgehead atoms. The summed E-state index contributed by atoms with van der Waals surface area (Å²) in [4.78, 5) is 11.0. The molecule has 104 valence electrons. The number of carbonyl (C=O) groups excluding carboxylic acids is 1. The van der Waals surface area contributed by atoms with E-state index < -0.39 is 11.7 Å². The van der Waals surface area contributed by atoms with E-state index in [0.717, 1.165) is 0 Å². The molecule has 0 aromatic heterocycles. The Bertz CT molecular complexity index is 197. The lowest BCUT2D eigenvalue weighted by Crippen LogP contribution is -2.24. The maximum atomic E-state index is 11.0. The molecular formula is C12H27NO4. The second-order valence-electron chi connectivity index (χ2n) is 5.06. The van der Waals surface area contributed by atoms with Gasteiger partial charge in [0.1, 0.15) is 5.60 Å². The standard InChI is InChI=1S/C9H18O3.C3H9NO/c1-7(10)5-6-8(11)12-9(2,3)4;1-3(5)2-4/h7,10H,5-6H2,1-4H3;3,5H,2,4H2,1H3. The summed E-state index contributed by atoms with van der Waals surface area (Å²) in [5, 5.41) is 17.1. The van der Waals surface area contributed by atoms with Crippen LogP contribution in [0.1, 0.15) is 47.5 Å². The summed E-state index contributed by atoms with van der Waals surface area (Å²) in [6, 6.07) is 0. The fourth-order valence-electron chi connectivity index (χ4n) is 0.719. The van der Waals surface area contributed by atoms with E-state index in [0.29, 0.717) is 13.0 Å². The number of ether oxygens (including phenoxy) is 1. The van der Waals surface area contributed by atoms with Crippen molar-refractivity contribution in [1.29, 1.82) is 0 Å². The quantitative estimate of drug-likeness (QED) is 0.641. The van der Waals surface area contributed by atoms with Crippen LogP contribution in [0.3, 0.4) is 0 Å². The van der Waals surface area contributed by atoms with E-state index in [-0.39, 0.29) is 18.5 Å². The van der Waals surface area contributed by atoms with Gasteiger partial charge in [0.2, 0.25) is 0 Å². The summed E-state index contributed by atoms with van der Waals surface area (Å²) in [7, 11) is 0. The van der Waals surface area contributed by atoms with Gasteiger partial charge in [-0.15, -0.1) is 0 Å². The molecule has 0 fully saturated rings. The summed E-state index contributed by atoms with van der Waals surface area (Å²) in [5.41, 5.74) is 4.50. The Morgan fingerprint density at radius 2 is 1.65 bits per heavy atom. The van der Waals surface area contributed by atoms with Crippen LogP contribution in [-0.2, 0) is 9.53 Å². The molecule has 2 unspecified atom stereocenters. The zero-order valence-corrected chi connectivity index (χ0v) is 11.6. The number of esters is 1. The lowest BCUT2D eigenvalue weighted by atomic mass is 10.2.